The van der Waals surface area contributed by atoms with Crippen molar-refractivity contribution in [3.05, 3.63) is 47.0 Å². The second kappa shape index (κ2) is 14.3. The molecule has 1 N–H and O–H groups in total. The van der Waals surface area contributed by atoms with Gasteiger partial charge in [-0.1, -0.05) is 92.6 Å². The van der Waals surface area contributed by atoms with E-state index >= 15 is 0 Å². The molecule has 6 nitrogen and oxygen atoms in total. The Bertz CT molecular complexity index is 1820. The van der Waals surface area contributed by atoms with Crippen LogP contribution in [0.5, 0.6) is 0 Å². The number of likely N-dealkylation sites (tertiary alicyclic amines) is 1. The first-order valence-electron chi connectivity index (χ1n) is 23.7. The molecule has 1 heterocycles. The molecule has 7 aliphatic rings. The van der Waals surface area contributed by atoms with Gasteiger partial charge in [0.15, 0.2) is 5.78 Å². The van der Waals surface area contributed by atoms with E-state index in [2.05, 4.69) is 117 Å². The molecule has 6 fully saturated rings. The van der Waals surface area contributed by atoms with Crippen molar-refractivity contribution in [3.8, 4) is 0 Å². The molecule has 1 aromatic carbocycles. The van der Waals surface area contributed by atoms with Gasteiger partial charge in [-0.2, -0.15) is 0 Å². The quantitative estimate of drug-likeness (QED) is 0.252. The number of fused-ring (bicyclic) bond motifs is 7. The number of allylic oxidation sites excluding steroid dienone is 1. The average molecular weight is 795 g/mol. The molecule has 320 valence electrons. The normalized spacial score (nSPS) is 40.6. The molecule has 1 aliphatic heterocycles. The van der Waals surface area contributed by atoms with Crippen molar-refractivity contribution in [1.82, 2.24) is 10.2 Å². The Kier molecular flexibility index (Phi) is 10.4. The molecule has 0 spiro atoms. The number of Topliss-reactive ketones (excluding diaryl/α,β-unsaturated/α-hetero) is 1. The van der Waals surface area contributed by atoms with Gasteiger partial charge in [0.2, 0.25) is 5.91 Å². The summed E-state index contributed by atoms with van der Waals surface area (Å²) in [6, 6.07) is 10.7. The zero-order valence-electron chi connectivity index (χ0n) is 38.3. The van der Waals surface area contributed by atoms with Crippen molar-refractivity contribution >= 4 is 17.7 Å². The second-order valence-corrected chi connectivity index (χ2v) is 23.9. The molecule has 8 rings (SSSR count). The molecule has 1 aromatic rings. The molecule has 6 aliphatic carbocycles. The fraction of sp³-hybridized carbons (Fsp3) is 0.788. The van der Waals surface area contributed by atoms with E-state index in [-0.39, 0.29) is 74.1 Å². The van der Waals surface area contributed by atoms with Gasteiger partial charge >= 0.3 is 5.97 Å². The van der Waals surface area contributed by atoms with Crippen molar-refractivity contribution < 1.29 is 19.1 Å². The van der Waals surface area contributed by atoms with Crippen LogP contribution in [0.4, 0.5) is 0 Å². The summed E-state index contributed by atoms with van der Waals surface area (Å²) in [4.78, 5) is 45.6. The number of rotatable bonds is 9. The summed E-state index contributed by atoms with van der Waals surface area (Å²) in [6.45, 7) is 28.9. The molecule has 5 saturated carbocycles. The minimum atomic E-state index is -0.728. The number of hydrogen-bond acceptors (Lipinski definition) is 5. The molecule has 0 unspecified atom stereocenters. The predicted molar refractivity (Wildman–Crippen MR) is 233 cm³/mol. The highest BCUT2D eigenvalue weighted by Crippen LogP contribution is 2.77. The van der Waals surface area contributed by atoms with Crippen molar-refractivity contribution in [2.75, 3.05) is 19.6 Å². The van der Waals surface area contributed by atoms with Crippen LogP contribution in [-0.4, -0.2) is 53.8 Å². The zero-order valence-corrected chi connectivity index (χ0v) is 38.3. The van der Waals surface area contributed by atoms with Gasteiger partial charge in [0.25, 0.3) is 0 Å². The fourth-order valence-electron chi connectivity index (χ4n) is 15.9. The van der Waals surface area contributed by atoms with E-state index in [0.717, 1.165) is 89.4 Å². The van der Waals surface area contributed by atoms with Gasteiger partial charge in [-0.3, -0.25) is 14.4 Å². The number of hydrogen-bond donors (Lipinski definition) is 1. The fourth-order valence-corrected chi connectivity index (χ4v) is 15.9. The maximum Gasteiger partial charge on any atom is 0.309 e. The topological polar surface area (TPSA) is 75.7 Å². The standard InChI is InChI=1S/C52H78N2O4/c1-33(2)42-38(55)31-52(45(57)53-46(3,4)32-54-27-15-16-28-54)26-25-50(10)36(43(42)52)19-20-40-49(9)23-22-41(48(7,8)39(49)21-24-51(40,50)11)58-44(56)37-30-35(47(37,5)6)29-34-17-13-12-14-18-34/h12-14,17-18,33,35-37,39-41H,15-16,19-32H2,1-11H3,(H,53,57)/t35-,36-,37-,39+,40-,41+,49+,50-,51-,52-/m1/s1. The Labute approximate surface area is 351 Å². The summed E-state index contributed by atoms with van der Waals surface area (Å²) in [5.41, 5.74) is 2.51. The molecule has 58 heavy (non-hydrogen) atoms. The van der Waals surface area contributed by atoms with Crippen LogP contribution in [0.2, 0.25) is 0 Å². The van der Waals surface area contributed by atoms with E-state index < -0.39 is 5.41 Å². The lowest BCUT2D eigenvalue weighted by Gasteiger charge is -2.72. The lowest BCUT2D eigenvalue weighted by atomic mass is 9.33. The maximum absolute atomic E-state index is 14.9. The highest BCUT2D eigenvalue weighted by atomic mass is 16.5. The average Bonchev–Trinajstić information content (AvgIpc) is 3.76. The van der Waals surface area contributed by atoms with Crippen LogP contribution in [0.3, 0.4) is 0 Å². The number of carbonyl (C=O) groups is 3. The smallest absolute Gasteiger partial charge is 0.309 e. The zero-order chi connectivity index (χ0) is 41.8. The molecule has 1 amide bonds. The van der Waals surface area contributed by atoms with Crippen LogP contribution in [-0.2, 0) is 25.5 Å². The molecular formula is C52H78N2O4. The number of amides is 1. The Morgan fingerprint density at radius 2 is 1.53 bits per heavy atom. The Hall–Kier alpha value is -2.47. The van der Waals surface area contributed by atoms with E-state index in [1.54, 1.807) is 0 Å². The first kappa shape index (κ1) is 42.2. The maximum atomic E-state index is 14.9. The third kappa shape index (κ3) is 6.35. The number of esters is 1. The van der Waals surface area contributed by atoms with Gasteiger partial charge in [-0.05, 0) is 172 Å². The minimum Gasteiger partial charge on any atom is -0.462 e. The summed E-state index contributed by atoms with van der Waals surface area (Å²) >= 11 is 0. The summed E-state index contributed by atoms with van der Waals surface area (Å²) < 4.78 is 6.68. The molecule has 0 aromatic heterocycles. The highest BCUT2D eigenvalue weighted by molar-refractivity contribution is 6.07. The van der Waals surface area contributed by atoms with Crippen LogP contribution in [0.15, 0.2) is 41.5 Å². The van der Waals surface area contributed by atoms with Crippen molar-refractivity contribution in [1.29, 1.82) is 0 Å². The number of ketones is 1. The van der Waals surface area contributed by atoms with E-state index in [9.17, 15) is 14.4 Å². The highest BCUT2D eigenvalue weighted by Gasteiger charge is 2.71. The van der Waals surface area contributed by atoms with Crippen LogP contribution in [0.25, 0.3) is 0 Å². The third-order valence-electron chi connectivity index (χ3n) is 19.4. The van der Waals surface area contributed by atoms with E-state index in [4.69, 9.17) is 4.74 Å². The summed E-state index contributed by atoms with van der Waals surface area (Å²) in [5, 5.41) is 3.57. The van der Waals surface area contributed by atoms with Gasteiger partial charge in [-0.25, -0.2) is 0 Å². The number of carbonyl (C=O) groups excluding carboxylic acids is 3. The van der Waals surface area contributed by atoms with E-state index in [1.807, 2.05) is 0 Å². The van der Waals surface area contributed by atoms with Gasteiger partial charge in [0.05, 0.1) is 11.3 Å². The van der Waals surface area contributed by atoms with E-state index in [0.29, 0.717) is 24.2 Å². The Morgan fingerprint density at radius 1 is 0.845 bits per heavy atom. The largest absolute Gasteiger partial charge is 0.462 e. The van der Waals surface area contributed by atoms with Gasteiger partial charge in [0, 0.05) is 23.9 Å². The SMILES string of the molecule is CC(C)C1=C2[C@H]3CC[C@@H]4[C@@]5(C)CC[C@H](OC(=O)[C@H]6C[C@@H](Cc7ccccc7)C6(C)C)C(C)(C)[C@@H]5CC[C@@]4(C)[C@]3(C)CC[C@@]2(C(=O)NC(C)(C)CN2CCCC2)CC1=O. The lowest BCUT2D eigenvalue weighted by molar-refractivity contribution is -0.236. The van der Waals surface area contributed by atoms with Crippen LogP contribution in [0.1, 0.15) is 159 Å². The number of ether oxygens (including phenoxy) is 1. The lowest BCUT2D eigenvalue weighted by Crippen LogP contribution is -2.66. The van der Waals surface area contributed by atoms with Gasteiger partial charge in [-0.15, -0.1) is 0 Å². The summed E-state index contributed by atoms with van der Waals surface area (Å²) in [7, 11) is 0. The molecule has 1 saturated heterocycles. The second-order valence-electron chi connectivity index (χ2n) is 23.9. The van der Waals surface area contributed by atoms with Crippen LogP contribution < -0.4 is 5.32 Å². The Balaban J connectivity index is 1.01. The van der Waals surface area contributed by atoms with Crippen molar-refractivity contribution in [2.45, 2.75) is 171 Å². The summed E-state index contributed by atoms with van der Waals surface area (Å²) in [6.07, 6.45) is 12.9. The van der Waals surface area contributed by atoms with Crippen molar-refractivity contribution in [3.63, 3.8) is 0 Å². The monoisotopic (exact) mass is 795 g/mol. The van der Waals surface area contributed by atoms with Gasteiger partial charge in [0.1, 0.15) is 6.10 Å². The van der Waals surface area contributed by atoms with Gasteiger partial charge < -0.3 is 15.0 Å². The number of nitrogens with zero attached hydrogens (tertiary/aromatic N) is 1. The Morgan fingerprint density at radius 3 is 2.19 bits per heavy atom. The third-order valence-corrected chi connectivity index (χ3v) is 19.4. The minimum absolute atomic E-state index is 0.00159. The number of nitrogens with one attached hydrogen (secondary N) is 1. The predicted octanol–water partition coefficient (Wildman–Crippen LogP) is 10.8. The first-order chi connectivity index (χ1) is 27.1. The summed E-state index contributed by atoms with van der Waals surface area (Å²) in [5.74, 6) is 2.15. The molecule has 0 bridgehead atoms. The number of benzene rings is 1. The molecule has 0 radical (unpaired) electrons. The van der Waals surface area contributed by atoms with Crippen molar-refractivity contribution in [2.24, 2.45) is 68.0 Å². The molecule has 6 heteroatoms. The van der Waals surface area contributed by atoms with Crippen LogP contribution >= 0.6 is 0 Å². The van der Waals surface area contributed by atoms with E-state index in [1.165, 1.54) is 24.0 Å². The van der Waals surface area contributed by atoms with Crippen LogP contribution in [0, 0.1) is 68.0 Å². The molecular weight excluding hydrogens is 717 g/mol. The molecule has 10 atom stereocenters. The first-order valence-corrected chi connectivity index (χ1v) is 23.7.